The summed E-state index contributed by atoms with van der Waals surface area (Å²) in [6.45, 7) is 1.74. The van der Waals surface area contributed by atoms with Crippen LogP contribution in [0.15, 0.2) is 12.1 Å². The summed E-state index contributed by atoms with van der Waals surface area (Å²) < 4.78 is 40.7. The number of pyridine rings is 1. The second-order valence-corrected chi connectivity index (χ2v) is 5.01. The fraction of sp³-hybridized carbons (Fsp3) is 0.455. The fourth-order valence-corrected chi connectivity index (χ4v) is 2.60. The molecule has 0 amide bonds. The lowest BCUT2D eigenvalue weighted by Crippen LogP contribution is -2.35. The summed E-state index contributed by atoms with van der Waals surface area (Å²) in [6, 6.07) is 3.45. The average molecular weight is 273 g/mol. The number of imidazole rings is 1. The third kappa shape index (κ3) is 1.43. The fourth-order valence-electron chi connectivity index (χ4n) is 2.23. The van der Waals surface area contributed by atoms with Crippen LogP contribution in [0.5, 0.6) is 0 Å². The van der Waals surface area contributed by atoms with Crippen LogP contribution >= 0.6 is 12.2 Å². The van der Waals surface area contributed by atoms with Crippen molar-refractivity contribution in [2.75, 3.05) is 0 Å². The Morgan fingerprint density at radius 1 is 1.39 bits per heavy atom. The lowest BCUT2D eigenvalue weighted by Gasteiger charge is -2.21. The number of aryl methyl sites for hydroxylation is 1. The molecule has 0 radical (unpaired) electrons. The van der Waals surface area contributed by atoms with E-state index in [1.54, 1.807) is 19.1 Å². The SMILES string of the molecule is Cc1ccc2[nH]c(=S)n(C3(C(F)(F)F)CC3)c2n1. The van der Waals surface area contributed by atoms with E-state index in [-0.39, 0.29) is 23.3 Å². The Kier molecular flexibility index (Phi) is 2.17. The van der Waals surface area contributed by atoms with Gasteiger partial charge in [-0.15, -0.1) is 0 Å². The molecule has 96 valence electrons. The number of hydrogen-bond acceptors (Lipinski definition) is 2. The van der Waals surface area contributed by atoms with Crippen LogP contribution in [0.4, 0.5) is 13.2 Å². The maximum Gasteiger partial charge on any atom is 0.412 e. The predicted molar refractivity (Wildman–Crippen MR) is 62.9 cm³/mol. The molecular weight excluding hydrogens is 263 g/mol. The lowest BCUT2D eigenvalue weighted by atomic mass is 10.2. The number of H-pyrrole nitrogens is 1. The number of rotatable bonds is 1. The highest BCUT2D eigenvalue weighted by Crippen LogP contribution is 2.56. The van der Waals surface area contributed by atoms with E-state index >= 15 is 0 Å². The topological polar surface area (TPSA) is 33.6 Å². The normalized spacial score (nSPS) is 18.2. The third-order valence-electron chi connectivity index (χ3n) is 3.35. The smallest absolute Gasteiger partial charge is 0.329 e. The van der Waals surface area contributed by atoms with Crippen LogP contribution in [-0.2, 0) is 5.54 Å². The molecule has 0 bridgehead atoms. The van der Waals surface area contributed by atoms with Crippen molar-refractivity contribution in [2.45, 2.75) is 31.5 Å². The van der Waals surface area contributed by atoms with Gasteiger partial charge in [0.1, 0.15) is 5.54 Å². The summed E-state index contributed by atoms with van der Waals surface area (Å²) in [4.78, 5) is 6.97. The molecule has 2 heterocycles. The van der Waals surface area contributed by atoms with Crippen molar-refractivity contribution in [1.82, 2.24) is 14.5 Å². The second-order valence-electron chi connectivity index (χ2n) is 4.62. The highest BCUT2D eigenvalue weighted by atomic mass is 32.1. The molecular formula is C11H10F3N3S. The van der Waals surface area contributed by atoms with E-state index in [0.29, 0.717) is 11.2 Å². The highest BCUT2D eigenvalue weighted by Gasteiger charge is 2.65. The molecule has 3 nitrogen and oxygen atoms in total. The number of aromatic amines is 1. The first-order chi connectivity index (χ1) is 8.35. The van der Waals surface area contributed by atoms with Gasteiger partial charge in [0.25, 0.3) is 0 Å². The van der Waals surface area contributed by atoms with E-state index in [9.17, 15) is 13.2 Å². The van der Waals surface area contributed by atoms with Crippen LogP contribution < -0.4 is 0 Å². The predicted octanol–water partition coefficient (Wildman–Crippen LogP) is 3.45. The molecule has 1 fully saturated rings. The zero-order valence-electron chi connectivity index (χ0n) is 9.51. The van der Waals surface area contributed by atoms with Gasteiger partial charge in [-0.25, -0.2) is 4.98 Å². The maximum absolute atomic E-state index is 13.2. The summed E-state index contributed by atoms with van der Waals surface area (Å²) in [7, 11) is 0. The van der Waals surface area contributed by atoms with Crippen LogP contribution in [0.25, 0.3) is 11.2 Å². The molecule has 3 rings (SSSR count). The Hall–Kier alpha value is -1.37. The number of nitrogens with zero attached hydrogens (tertiary/aromatic N) is 2. The summed E-state index contributed by atoms with van der Waals surface area (Å²) >= 11 is 5.02. The quantitative estimate of drug-likeness (QED) is 0.807. The number of aromatic nitrogens is 3. The van der Waals surface area contributed by atoms with Gasteiger partial charge in [-0.2, -0.15) is 13.2 Å². The zero-order valence-corrected chi connectivity index (χ0v) is 10.3. The summed E-state index contributed by atoms with van der Waals surface area (Å²) in [5.41, 5.74) is -0.359. The molecule has 1 saturated carbocycles. The molecule has 0 unspecified atom stereocenters. The first kappa shape index (κ1) is 11.7. The Balaban J connectivity index is 2.33. The minimum atomic E-state index is -4.30. The summed E-state index contributed by atoms with van der Waals surface area (Å²) in [5, 5.41) is 0. The van der Waals surface area contributed by atoms with Crippen LogP contribution in [0.1, 0.15) is 18.5 Å². The van der Waals surface area contributed by atoms with Crippen molar-refractivity contribution in [3.63, 3.8) is 0 Å². The van der Waals surface area contributed by atoms with Gasteiger partial charge in [0.2, 0.25) is 0 Å². The Morgan fingerprint density at radius 2 is 2.06 bits per heavy atom. The number of nitrogens with one attached hydrogen (secondary N) is 1. The Morgan fingerprint density at radius 3 is 2.61 bits per heavy atom. The van der Waals surface area contributed by atoms with Gasteiger partial charge in [0.15, 0.2) is 10.4 Å². The van der Waals surface area contributed by atoms with Crippen molar-refractivity contribution in [1.29, 1.82) is 0 Å². The zero-order chi connectivity index (χ0) is 13.1. The van der Waals surface area contributed by atoms with E-state index in [1.807, 2.05) is 0 Å². The molecule has 2 aromatic heterocycles. The Labute approximate surface area is 106 Å². The molecule has 0 spiro atoms. The van der Waals surface area contributed by atoms with Crippen LogP contribution in [0, 0.1) is 11.7 Å². The van der Waals surface area contributed by atoms with Gasteiger partial charge >= 0.3 is 6.18 Å². The van der Waals surface area contributed by atoms with Crippen LogP contribution in [0.3, 0.4) is 0 Å². The molecule has 1 aliphatic carbocycles. The number of hydrogen-bond donors (Lipinski definition) is 1. The monoisotopic (exact) mass is 273 g/mol. The van der Waals surface area contributed by atoms with Crippen molar-refractivity contribution < 1.29 is 13.2 Å². The van der Waals surface area contributed by atoms with E-state index < -0.39 is 11.7 Å². The van der Waals surface area contributed by atoms with Crippen molar-refractivity contribution in [3.8, 4) is 0 Å². The van der Waals surface area contributed by atoms with Gasteiger partial charge in [-0.3, -0.25) is 4.57 Å². The average Bonchev–Trinajstić information content (AvgIpc) is 2.98. The van der Waals surface area contributed by atoms with Gasteiger partial charge in [0.05, 0.1) is 5.52 Å². The van der Waals surface area contributed by atoms with Crippen molar-refractivity contribution >= 4 is 23.4 Å². The minimum absolute atomic E-state index is 0.0629. The molecule has 0 saturated heterocycles. The molecule has 0 atom stereocenters. The van der Waals surface area contributed by atoms with Gasteiger partial charge in [0, 0.05) is 5.69 Å². The molecule has 0 aliphatic heterocycles. The van der Waals surface area contributed by atoms with E-state index in [2.05, 4.69) is 9.97 Å². The largest absolute Gasteiger partial charge is 0.412 e. The van der Waals surface area contributed by atoms with Crippen molar-refractivity contribution in [2.24, 2.45) is 0 Å². The molecule has 1 N–H and O–H groups in total. The number of alkyl halides is 3. The van der Waals surface area contributed by atoms with Crippen LogP contribution in [-0.4, -0.2) is 20.7 Å². The van der Waals surface area contributed by atoms with E-state index in [1.165, 1.54) is 0 Å². The maximum atomic E-state index is 13.2. The van der Waals surface area contributed by atoms with Gasteiger partial charge < -0.3 is 4.98 Å². The molecule has 2 aromatic rings. The first-order valence-corrected chi connectivity index (χ1v) is 5.92. The molecule has 1 aliphatic rings. The second kappa shape index (κ2) is 3.34. The molecule has 18 heavy (non-hydrogen) atoms. The van der Waals surface area contributed by atoms with E-state index in [0.717, 1.165) is 4.57 Å². The molecule has 0 aromatic carbocycles. The van der Waals surface area contributed by atoms with Crippen molar-refractivity contribution in [3.05, 3.63) is 22.6 Å². The van der Waals surface area contributed by atoms with Gasteiger partial charge in [-0.05, 0) is 44.1 Å². The van der Waals surface area contributed by atoms with E-state index in [4.69, 9.17) is 12.2 Å². The standard InChI is InChI=1S/C11H10F3N3S/c1-6-2-3-7-8(15-6)17(9(18)16-7)10(4-5-10)11(12,13)14/h2-3H,4-5H2,1H3,(H,16,18). The molecule has 7 heteroatoms. The number of fused-ring (bicyclic) bond motifs is 1. The highest BCUT2D eigenvalue weighted by molar-refractivity contribution is 7.71. The number of halogens is 3. The third-order valence-corrected chi connectivity index (χ3v) is 3.63. The lowest BCUT2D eigenvalue weighted by molar-refractivity contribution is -0.179. The summed E-state index contributed by atoms with van der Waals surface area (Å²) in [6.07, 6.45) is -4.17. The Bertz CT molecular complexity index is 679. The summed E-state index contributed by atoms with van der Waals surface area (Å²) in [5.74, 6) is 0. The minimum Gasteiger partial charge on any atom is -0.329 e. The van der Waals surface area contributed by atoms with Crippen LogP contribution in [0.2, 0.25) is 0 Å². The first-order valence-electron chi connectivity index (χ1n) is 5.51. The van der Waals surface area contributed by atoms with Gasteiger partial charge in [-0.1, -0.05) is 0 Å².